The van der Waals surface area contributed by atoms with Crippen molar-refractivity contribution in [2.75, 3.05) is 11.9 Å². The number of halogens is 1. The third-order valence-corrected chi connectivity index (χ3v) is 5.19. The lowest BCUT2D eigenvalue weighted by Gasteiger charge is -2.11. The highest BCUT2D eigenvalue weighted by atomic mass is 79.9. The van der Waals surface area contributed by atoms with Crippen LogP contribution in [-0.4, -0.2) is 32.7 Å². The lowest BCUT2D eigenvalue weighted by atomic mass is 10.1. The summed E-state index contributed by atoms with van der Waals surface area (Å²) in [6.07, 6.45) is 0.272. The summed E-state index contributed by atoms with van der Waals surface area (Å²) in [6.45, 7) is 2.55. The summed E-state index contributed by atoms with van der Waals surface area (Å²) in [4.78, 5) is 13.4. The molecule has 3 rings (SSSR count). The third-order valence-electron chi connectivity index (χ3n) is 3.60. The number of rotatable bonds is 7. The van der Waals surface area contributed by atoms with Crippen LogP contribution in [0.5, 0.6) is 5.75 Å². The summed E-state index contributed by atoms with van der Waals surface area (Å²) in [5.41, 5.74) is 1.62. The Morgan fingerprint density at radius 1 is 1.26 bits per heavy atom. The fourth-order valence-electron chi connectivity index (χ4n) is 2.34. The Labute approximate surface area is 169 Å². The first-order valence-electron chi connectivity index (χ1n) is 8.26. The molecule has 0 saturated heterocycles. The van der Waals surface area contributed by atoms with E-state index in [1.807, 2.05) is 49.4 Å². The van der Waals surface area contributed by atoms with Gasteiger partial charge in [-0.05, 0) is 65.0 Å². The lowest BCUT2D eigenvalue weighted by Crippen LogP contribution is -2.15. The molecule has 0 aliphatic rings. The van der Waals surface area contributed by atoms with Gasteiger partial charge < -0.3 is 10.1 Å². The van der Waals surface area contributed by atoms with Crippen LogP contribution < -0.4 is 10.1 Å². The van der Waals surface area contributed by atoms with Gasteiger partial charge in [0.2, 0.25) is 11.1 Å². The van der Waals surface area contributed by atoms with Crippen molar-refractivity contribution in [2.24, 2.45) is 7.05 Å². The van der Waals surface area contributed by atoms with Crippen molar-refractivity contribution in [1.29, 1.82) is 0 Å². The average molecular weight is 448 g/mol. The van der Waals surface area contributed by atoms with Crippen LogP contribution in [0.4, 0.5) is 5.69 Å². The van der Waals surface area contributed by atoms with Gasteiger partial charge in [-0.1, -0.05) is 28.1 Å². The first kappa shape index (κ1) is 19.4. The molecule has 0 bridgehead atoms. The van der Waals surface area contributed by atoms with Crippen LogP contribution in [0.2, 0.25) is 0 Å². The third kappa shape index (κ3) is 5.30. The van der Waals surface area contributed by atoms with Crippen molar-refractivity contribution < 1.29 is 9.53 Å². The predicted octanol–water partition coefficient (Wildman–Crippen LogP) is 3.70. The van der Waals surface area contributed by atoms with Gasteiger partial charge >= 0.3 is 0 Å². The van der Waals surface area contributed by atoms with Crippen molar-refractivity contribution in [2.45, 2.75) is 23.4 Å². The number of amides is 1. The maximum absolute atomic E-state index is 12.5. The summed E-state index contributed by atoms with van der Waals surface area (Å²) in [5.74, 6) is 0.694. The van der Waals surface area contributed by atoms with Crippen LogP contribution in [0.3, 0.4) is 0 Å². The van der Waals surface area contributed by atoms with Gasteiger partial charge in [0.15, 0.2) is 0 Å². The molecule has 140 valence electrons. The zero-order valence-corrected chi connectivity index (χ0v) is 17.2. The van der Waals surface area contributed by atoms with Gasteiger partial charge in [-0.15, -0.1) is 5.10 Å². The molecule has 9 heteroatoms. The maximum atomic E-state index is 12.5. The van der Waals surface area contributed by atoms with Gasteiger partial charge in [0, 0.05) is 16.4 Å². The number of carbonyl (C=O) groups is 1. The van der Waals surface area contributed by atoms with Gasteiger partial charge in [0.25, 0.3) is 0 Å². The van der Waals surface area contributed by atoms with Crippen LogP contribution in [0.1, 0.15) is 12.5 Å². The molecule has 0 atom stereocenters. The second-order valence-electron chi connectivity index (χ2n) is 5.63. The van der Waals surface area contributed by atoms with E-state index in [9.17, 15) is 4.79 Å². The number of nitrogens with zero attached hydrogens (tertiary/aromatic N) is 4. The Hall–Kier alpha value is -2.39. The summed E-state index contributed by atoms with van der Waals surface area (Å²) >= 11 is 4.83. The van der Waals surface area contributed by atoms with Crippen LogP contribution >= 0.6 is 27.7 Å². The average Bonchev–Trinajstić information content (AvgIpc) is 3.04. The van der Waals surface area contributed by atoms with Crippen molar-refractivity contribution >= 4 is 39.3 Å². The predicted molar refractivity (Wildman–Crippen MR) is 107 cm³/mol. The molecule has 1 N–H and O–H groups in total. The highest BCUT2D eigenvalue weighted by Gasteiger charge is 2.13. The summed E-state index contributed by atoms with van der Waals surface area (Å²) < 4.78 is 7.88. The Morgan fingerprint density at radius 3 is 2.70 bits per heavy atom. The Bertz CT molecular complexity index is 930. The van der Waals surface area contributed by atoms with Crippen LogP contribution in [0.25, 0.3) is 0 Å². The molecule has 1 aromatic heterocycles. The number of hydrogen-bond donors (Lipinski definition) is 1. The van der Waals surface area contributed by atoms with E-state index >= 15 is 0 Å². The molecular formula is C18H18BrN5O2S. The second kappa shape index (κ2) is 9.01. The highest BCUT2D eigenvalue weighted by molar-refractivity contribution is 9.10. The molecule has 0 spiro atoms. The smallest absolute Gasteiger partial charge is 0.228 e. The first-order chi connectivity index (χ1) is 13.0. The van der Waals surface area contributed by atoms with Crippen LogP contribution in [-0.2, 0) is 18.3 Å². The van der Waals surface area contributed by atoms with E-state index < -0.39 is 0 Å². The topological polar surface area (TPSA) is 81.9 Å². The van der Waals surface area contributed by atoms with Crippen molar-refractivity contribution in [1.82, 2.24) is 20.2 Å². The molecular weight excluding hydrogens is 430 g/mol. The fourth-order valence-corrected chi connectivity index (χ4v) is 3.50. The number of aryl methyl sites for hydroxylation is 1. The number of anilines is 1. The minimum atomic E-state index is -0.102. The molecule has 0 unspecified atom stereocenters. The molecule has 2 aromatic carbocycles. The number of nitrogens with one attached hydrogen (secondary N) is 1. The summed E-state index contributed by atoms with van der Waals surface area (Å²) in [6, 6.07) is 13.2. The van der Waals surface area contributed by atoms with Crippen molar-refractivity contribution in [3.63, 3.8) is 0 Å². The summed E-state index contributed by atoms with van der Waals surface area (Å²) in [5, 5.41) is 15.0. The maximum Gasteiger partial charge on any atom is 0.228 e. The highest BCUT2D eigenvalue weighted by Crippen LogP contribution is 2.34. The van der Waals surface area contributed by atoms with Crippen molar-refractivity contribution in [3.8, 4) is 5.75 Å². The van der Waals surface area contributed by atoms with E-state index in [0.29, 0.717) is 17.5 Å². The van der Waals surface area contributed by atoms with Crippen LogP contribution in [0, 0.1) is 0 Å². The Balaban J connectivity index is 1.71. The van der Waals surface area contributed by atoms with E-state index in [4.69, 9.17) is 4.74 Å². The zero-order chi connectivity index (χ0) is 19.2. The van der Waals surface area contributed by atoms with Gasteiger partial charge in [0.05, 0.1) is 18.7 Å². The van der Waals surface area contributed by atoms with Gasteiger partial charge in [0.1, 0.15) is 5.75 Å². The molecule has 3 aromatic rings. The van der Waals surface area contributed by atoms with Gasteiger partial charge in [-0.25, -0.2) is 4.68 Å². The fraction of sp³-hybridized carbons (Fsp3) is 0.222. The SMILES string of the molecule is CCOc1ccc(CC(=O)Nc2cc(Br)ccc2Sc2nnnn2C)cc1. The monoisotopic (exact) mass is 447 g/mol. The zero-order valence-electron chi connectivity index (χ0n) is 14.8. The summed E-state index contributed by atoms with van der Waals surface area (Å²) in [7, 11) is 1.77. The molecule has 27 heavy (non-hydrogen) atoms. The molecule has 0 aliphatic heterocycles. The molecule has 1 amide bonds. The molecule has 7 nitrogen and oxygen atoms in total. The lowest BCUT2D eigenvalue weighted by molar-refractivity contribution is -0.115. The standard InChI is InChI=1S/C18H18BrN5O2S/c1-3-26-14-7-4-12(5-8-14)10-17(25)20-15-11-13(19)6-9-16(15)27-18-21-22-23-24(18)2/h4-9,11H,3,10H2,1-2H3,(H,20,25). The minimum Gasteiger partial charge on any atom is -0.494 e. The number of tetrazole rings is 1. The number of aromatic nitrogens is 4. The van der Waals surface area contributed by atoms with E-state index in [1.54, 1.807) is 11.7 Å². The molecule has 0 aliphatic carbocycles. The Morgan fingerprint density at radius 2 is 2.04 bits per heavy atom. The second-order valence-corrected chi connectivity index (χ2v) is 7.55. The van der Waals surface area contributed by atoms with Gasteiger partial charge in [-0.2, -0.15) is 0 Å². The quantitative estimate of drug-likeness (QED) is 0.594. The largest absolute Gasteiger partial charge is 0.494 e. The van der Waals surface area contributed by atoms with E-state index in [0.717, 1.165) is 20.7 Å². The number of benzene rings is 2. The van der Waals surface area contributed by atoms with Crippen molar-refractivity contribution in [3.05, 3.63) is 52.5 Å². The Kier molecular flexibility index (Phi) is 6.46. The van der Waals surface area contributed by atoms with Gasteiger partial charge in [-0.3, -0.25) is 4.79 Å². The normalized spacial score (nSPS) is 10.6. The van der Waals surface area contributed by atoms with Crippen LogP contribution in [0.15, 0.2) is 57.0 Å². The van der Waals surface area contributed by atoms with E-state index in [-0.39, 0.29) is 12.3 Å². The molecule has 0 fully saturated rings. The van der Waals surface area contributed by atoms with E-state index in [1.165, 1.54) is 11.8 Å². The van der Waals surface area contributed by atoms with E-state index in [2.05, 4.69) is 36.8 Å². The molecule has 0 saturated carbocycles. The number of carbonyl (C=O) groups excluding carboxylic acids is 1. The molecule has 1 heterocycles. The number of hydrogen-bond acceptors (Lipinski definition) is 6. The minimum absolute atomic E-state index is 0.102. The molecule has 0 radical (unpaired) electrons. The number of ether oxygens (including phenoxy) is 1. The first-order valence-corrected chi connectivity index (χ1v) is 9.87.